The van der Waals surface area contributed by atoms with E-state index in [-0.39, 0.29) is 5.54 Å². The Hall–Kier alpha value is -2.90. The number of hydrogen-bond donors (Lipinski definition) is 2. The van der Waals surface area contributed by atoms with E-state index in [1.54, 1.807) is 18.8 Å². The summed E-state index contributed by atoms with van der Waals surface area (Å²) in [5.74, 6) is 0.566. The number of benzene rings is 2. The first kappa shape index (κ1) is 33.1. The molecule has 2 aromatic rings. The van der Waals surface area contributed by atoms with Gasteiger partial charge in [0.05, 0.1) is 24.9 Å². The lowest BCUT2D eigenvalue weighted by atomic mass is 9.97. The first-order chi connectivity index (χ1) is 17.2. The van der Waals surface area contributed by atoms with Gasteiger partial charge in [-0.1, -0.05) is 35.9 Å². The summed E-state index contributed by atoms with van der Waals surface area (Å²) in [6.45, 7) is 4.19. The maximum Gasteiger partial charge on any atom is 0.298 e. The molecule has 0 aliphatic carbocycles. The van der Waals surface area contributed by atoms with Gasteiger partial charge in [0, 0.05) is 32.7 Å². The summed E-state index contributed by atoms with van der Waals surface area (Å²) >= 11 is 1.75. The number of carbonyl (C=O) groups excluding carboxylic acids is 2. The lowest BCUT2D eigenvalue weighted by Crippen LogP contribution is -2.40. The highest BCUT2D eigenvalue weighted by Gasteiger charge is 2.29. The van der Waals surface area contributed by atoms with E-state index in [9.17, 15) is 9.59 Å². The van der Waals surface area contributed by atoms with Gasteiger partial charge in [0.25, 0.3) is 6.47 Å². The Morgan fingerprint density at radius 3 is 2.22 bits per heavy atom. The lowest BCUT2D eigenvalue weighted by Gasteiger charge is -2.17. The number of aryl methyl sites for hydroxylation is 1. The van der Waals surface area contributed by atoms with Crippen LogP contribution in [0.2, 0.25) is 0 Å². The average molecular weight is 517 g/mol. The van der Waals surface area contributed by atoms with Crippen LogP contribution in [-0.4, -0.2) is 71.7 Å². The van der Waals surface area contributed by atoms with Crippen molar-refractivity contribution in [2.45, 2.75) is 25.3 Å². The first-order valence-corrected chi connectivity index (χ1v) is 13.1. The number of aldehydes is 1. The fourth-order valence-electron chi connectivity index (χ4n) is 2.97. The summed E-state index contributed by atoms with van der Waals surface area (Å²) in [7, 11) is 5.58. The molecule has 0 bridgehead atoms. The van der Waals surface area contributed by atoms with E-state index in [0.29, 0.717) is 38.4 Å². The number of thioether (sulfide) groups is 1. The SMILES string of the molecule is CNCC#N.CSC.Cc1ccc(-c2ccc(OC=O)c(N(C)C)c2)cc1.NC1(CC=O)CCOC1. The van der Waals surface area contributed by atoms with Gasteiger partial charge in [-0.3, -0.25) is 4.79 Å². The molecular weight excluding hydrogens is 476 g/mol. The molecule has 0 spiro atoms. The number of carbonyl (C=O) groups is 2. The van der Waals surface area contributed by atoms with Gasteiger partial charge >= 0.3 is 0 Å². The molecule has 36 heavy (non-hydrogen) atoms. The quantitative estimate of drug-likeness (QED) is 0.420. The molecule has 1 unspecified atom stereocenters. The molecule has 2 aromatic carbocycles. The summed E-state index contributed by atoms with van der Waals surface area (Å²) in [5.41, 5.74) is 9.73. The number of nitrogens with zero attached hydrogens (tertiary/aromatic N) is 2. The van der Waals surface area contributed by atoms with Gasteiger partial charge in [0.2, 0.25) is 0 Å². The topological polar surface area (TPSA) is 118 Å². The molecular formula is C27H40N4O4S. The first-order valence-electron chi connectivity index (χ1n) is 11.4. The normalized spacial score (nSPS) is 15.4. The Bertz CT molecular complexity index is 924. The molecule has 8 nitrogen and oxygen atoms in total. The zero-order chi connectivity index (χ0) is 27.4. The van der Waals surface area contributed by atoms with Crippen LogP contribution in [0.3, 0.4) is 0 Å². The van der Waals surface area contributed by atoms with Gasteiger partial charge in [-0.05, 0) is 56.2 Å². The molecule has 0 aromatic heterocycles. The van der Waals surface area contributed by atoms with Crippen molar-refractivity contribution in [1.82, 2.24) is 5.32 Å². The largest absolute Gasteiger partial charge is 0.427 e. The standard InChI is InChI=1S/C16H17NO2.C6H11NO2.C3H6N2.C2H6S/c1-12-4-6-13(7-5-12)14-8-9-16(19-11-18)15(10-14)17(2)3;7-6(1-3-8)2-4-9-5-6;1-5-3-2-4;1-3-2/h4-11H,1-3H3;3H,1-2,4-5,7H2;5H,3H2,1H3;1-2H3. The molecule has 0 amide bonds. The van der Waals surface area contributed by atoms with E-state index in [1.807, 2.05) is 55.8 Å². The molecule has 1 aliphatic rings. The molecule has 9 heteroatoms. The number of anilines is 1. The summed E-state index contributed by atoms with van der Waals surface area (Å²) in [5, 5.41) is 10.4. The number of hydrogen-bond acceptors (Lipinski definition) is 9. The molecule has 1 heterocycles. The molecule has 1 aliphatic heterocycles. The minimum atomic E-state index is -0.345. The van der Waals surface area contributed by atoms with Crippen molar-refractivity contribution in [3.63, 3.8) is 0 Å². The number of nitrogens with one attached hydrogen (secondary N) is 1. The summed E-state index contributed by atoms with van der Waals surface area (Å²) in [6.07, 6.45) is 6.17. The molecule has 0 radical (unpaired) electrons. The zero-order valence-corrected chi connectivity index (χ0v) is 23.1. The second-order valence-corrected chi connectivity index (χ2v) is 9.11. The summed E-state index contributed by atoms with van der Waals surface area (Å²) in [4.78, 5) is 22.5. The van der Waals surface area contributed by atoms with Crippen LogP contribution in [0, 0.1) is 18.3 Å². The fraction of sp³-hybridized carbons (Fsp3) is 0.444. The second-order valence-electron chi connectivity index (χ2n) is 8.29. The van der Waals surface area contributed by atoms with Crippen LogP contribution < -0.4 is 20.7 Å². The van der Waals surface area contributed by atoms with E-state index >= 15 is 0 Å². The smallest absolute Gasteiger partial charge is 0.298 e. The van der Waals surface area contributed by atoms with E-state index in [1.165, 1.54) is 5.56 Å². The van der Waals surface area contributed by atoms with Gasteiger partial charge in [-0.25, -0.2) is 0 Å². The highest BCUT2D eigenvalue weighted by molar-refractivity contribution is 7.97. The van der Waals surface area contributed by atoms with E-state index < -0.39 is 0 Å². The van der Waals surface area contributed by atoms with E-state index in [4.69, 9.17) is 20.5 Å². The Balaban J connectivity index is 0.000000595. The second kappa shape index (κ2) is 19.3. The third kappa shape index (κ3) is 13.3. The zero-order valence-electron chi connectivity index (χ0n) is 22.2. The van der Waals surface area contributed by atoms with Gasteiger partial charge in [-0.15, -0.1) is 0 Å². The Morgan fingerprint density at radius 2 is 1.81 bits per heavy atom. The van der Waals surface area contributed by atoms with Gasteiger partial charge in [0.1, 0.15) is 6.29 Å². The number of rotatable bonds is 7. The van der Waals surface area contributed by atoms with Crippen molar-refractivity contribution in [3.05, 3.63) is 48.0 Å². The third-order valence-electron chi connectivity index (χ3n) is 4.88. The molecule has 0 saturated carbocycles. The minimum Gasteiger partial charge on any atom is -0.427 e. The monoisotopic (exact) mass is 516 g/mol. The van der Waals surface area contributed by atoms with Crippen LogP contribution in [0.1, 0.15) is 18.4 Å². The van der Waals surface area contributed by atoms with Gasteiger partial charge in [0.15, 0.2) is 5.75 Å². The molecule has 1 fully saturated rings. The number of ether oxygens (including phenoxy) is 2. The molecule has 1 atom stereocenters. The van der Waals surface area contributed by atoms with E-state index in [2.05, 4.69) is 36.5 Å². The van der Waals surface area contributed by atoms with Crippen LogP contribution in [0.5, 0.6) is 5.75 Å². The van der Waals surface area contributed by atoms with Crippen LogP contribution in [-0.2, 0) is 14.3 Å². The summed E-state index contributed by atoms with van der Waals surface area (Å²) in [6, 6.07) is 16.0. The molecule has 1 saturated heterocycles. The third-order valence-corrected chi connectivity index (χ3v) is 4.88. The Labute approximate surface area is 220 Å². The Morgan fingerprint density at radius 1 is 1.19 bits per heavy atom. The van der Waals surface area contributed by atoms with Crippen LogP contribution >= 0.6 is 11.8 Å². The van der Waals surface area contributed by atoms with Gasteiger partial charge < -0.3 is 30.2 Å². The van der Waals surface area contributed by atoms with Crippen molar-refractivity contribution in [3.8, 4) is 22.9 Å². The van der Waals surface area contributed by atoms with Crippen molar-refractivity contribution in [2.75, 3.05) is 58.3 Å². The maximum atomic E-state index is 10.5. The predicted octanol–water partition coefficient (Wildman–Crippen LogP) is 3.67. The van der Waals surface area contributed by atoms with Gasteiger partial charge in [-0.2, -0.15) is 17.0 Å². The predicted molar refractivity (Wildman–Crippen MR) is 150 cm³/mol. The Kier molecular flexibility index (Phi) is 17.8. The van der Waals surface area contributed by atoms with Crippen molar-refractivity contribution >= 4 is 30.2 Å². The number of nitriles is 1. The van der Waals surface area contributed by atoms with Crippen LogP contribution in [0.25, 0.3) is 11.1 Å². The van der Waals surface area contributed by atoms with Crippen molar-refractivity contribution < 1.29 is 19.1 Å². The minimum absolute atomic E-state index is 0.345. The van der Waals surface area contributed by atoms with Crippen LogP contribution in [0.4, 0.5) is 5.69 Å². The molecule has 3 rings (SSSR count). The van der Waals surface area contributed by atoms with Crippen molar-refractivity contribution in [1.29, 1.82) is 5.26 Å². The molecule has 198 valence electrons. The highest BCUT2D eigenvalue weighted by atomic mass is 32.2. The summed E-state index contributed by atoms with van der Waals surface area (Å²) < 4.78 is 10.0. The number of nitrogens with two attached hydrogens (primary N) is 1. The fourth-order valence-corrected chi connectivity index (χ4v) is 2.97. The maximum absolute atomic E-state index is 10.5. The lowest BCUT2D eigenvalue weighted by molar-refractivity contribution is -0.120. The molecule has 3 N–H and O–H groups in total. The average Bonchev–Trinajstić information content (AvgIpc) is 3.28. The van der Waals surface area contributed by atoms with Crippen molar-refractivity contribution in [2.24, 2.45) is 5.73 Å². The van der Waals surface area contributed by atoms with E-state index in [0.717, 1.165) is 29.5 Å². The highest BCUT2D eigenvalue weighted by Crippen LogP contribution is 2.32. The van der Waals surface area contributed by atoms with Crippen LogP contribution in [0.15, 0.2) is 42.5 Å².